The van der Waals surface area contributed by atoms with E-state index in [1.807, 2.05) is 54.1 Å². The van der Waals surface area contributed by atoms with Crippen molar-refractivity contribution >= 4 is 34.3 Å². The molecule has 7 nitrogen and oxygen atoms in total. The second-order valence-electron chi connectivity index (χ2n) is 6.50. The Bertz CT molecular complexity index is 1140. The molecule has 146 valence electrons. The average Bonchev–Trinajstić information content (AvgIpc) is 3.36. The minimum absolute atomic E-state index is 0.270. The normalized spacial score (nSPS) is 11.7. The van der Waals surface area contributed by atoms with Gasteiger partial charge < -0.3 is 8.98 Å². The Morgan fingerprint density at radius 2 is 2.00 bits per heavy atom. The van der Waals surface area contributed by atoms with Crippen LogP contribution in [0.1, 0.15) is 28.6 Å². The summed E-state index contributed by atoms with van der Waals surface area (Å²) in [5, 5.41) is 13.9. The third-order valence-electron chi connectivity index (χ3n) is 4.36. The molecule has 1 N–H and O–H groups in total. The lowest BCUT2D eigenvalue weighted by Gasteiger charge is -2.04. The summed E-state index contributed by atoms with van der Waals surface area (Å²) >= 11 is 1.59. The van der Waals surface area contributed by atoms with Crippen molar-refractivity contribution in [1.29, 1.82) is 0 Å². The monoisotopic (exact) mass is 405 g/mol. The molecule has 0 aliphatic heterocycles. The van der Waals surface area contributed by atoms with Gasteiger partial charge in [0.1, 0.15) is 17.6 Å². The zero-order chi connectivity index (χ0) is 20.2. The van der Waals surface area contributed by atoms with Crippen LogP contribution in [0.5, 0.6) is 0 Å². The van der Waals surface area contributed by atoms with E-state index in [0.29, 0.717) is 17.0 Å². The van der Waals surface area contributed by atoms with Crippen molar-refractivity contribution in [3.63, 3.8) is 0 Å². The highest BCUT2D eigenvalue weighted by Crippen LogP contribution is 2.21. The van der Waals surface area contributed by atoms with Crippen molar-refractivity contribution in [3.05, 3.63) is 77.8 Å². The van der Waals surface area contributed by atoms with Crippen LogP contribution in [0, 0.1) is 0 Å². The van der Waals surface area contributed by atoms with Crippen molar-refractivity contribution in [2.45, 2.75) is 17.8 Å². The zero-order valence-corrected chi connectivity index (χ0v) is 16.8. The van der Waals surface area contributed by atoms with Gasteiger partial charge >= 0.3 is 0 Å². The molecule has 0 spiro atoms. The number of hydrogen-bond donors (Lipinski definition) is 1. The molecule has 4 rings (SSSR count). The molecule has 4 aromatic rings. The first-order chi connectivity index (χ1) is 14.1. The molecule has 0 fully saturated rings. The van der Waals surface area contributed by atoms with Gasteiger partial charge in [-0.05, 0) is 36.8 Å². The summed E-state index contributed by atoms with van der Waals surface area (Å²) in [6.45, 7) is 1.80. The maximum absolute atomic E-state index is 12.4. The number of thioether (sulfide) groups is 1. The van der Waals surface area contributed by atoms with Crippen LogP contribution in [0.2, 0.25) is 0 Å². The maximum atomic E-state index is 12.4. The summed E-state index contributed by atoms with van der Waals surface area (Å²) in [6, 6.07) is 17.1. The summed E-state index contributed by atoms with van der Waals surface area (Å²) in [5.41, 5.74) is 5.61. The van der Waals surface area contributed by atoms with E-state index in [9.17, 15) is 4.79 Å². The summed E-state index contributed by atoms with van der Waals surface area (Å²) in [4.78, 5) is 12.4. The summed E-state index contributed by atoms with van der Waals surface area (Å²) in [7, 11) is 1.91. The van der Waals surface area contributed by atoms with Crippen LogP contribution in [0.25, 0.3) is 11.0 Å². The van der Waals surface area contributed by atoms with Crippen LogP contribution in [0.4, 0.5) is 0 Å². The zero-order valence-electron chi connectivity index (χ0n) is 16.0. The Hall–Kier alpha value is -3.39. The molecular weight excluding hydrogens is 386 g/mol. The first-order valence-electron chi connectivity index (χ1n) is 8.99. The quantitative estimate of drug-likeness (QED) is 0.298. The number of fused-ring (bicyclic) bond motifs is 1. The number of hydrazone groups is 1. The number of para-hydroxylation sites is 1. The SMILES string of the molecule is C/C(=N/NC(=O)c1ccc(CSc2nncn2C)cc1)c1cc2ccccc2o1. The molecule has 0 saturated heterocycles. The fourth-order valence-corrected chi connectivity index (χ4v) is 3.56. The lowest BCUT2D eigenvalue weighted by Crippen LogP contribution is -2.19. The minimum Gasteiger partial charge on any atom is -0.455 e. The Labute approximate surface area is 171 Å². The number of benzene rings is 2. The summed E-state index contributed by atoms with van der Waals surface area (Å²) in [6.07, 6.45) is 1.67. The number of carbonyl (C=O) groups is 1. The molecule has 2 heterocycles. The third-order valence-corrected chi connectivity index (χ3v) is 5.47. The molecule has 8 heteroatoms. The van der Waals surface area contributed by atoms with E-state index in [0.717, 1.165) is 27.4 Å². The molecule has 0 saturated carbocycles. The second-order valence-corrected chi connectivity index (χ2v) is 7.44. The van der Waals surface area contributed by atoms with Crippen LogP contribution >= 0.6 is 11.8 Å². The van der Waals surface area contributed by atoms with Gasteiger partial charge in [0.15, 0.2) is 10.9 Å². The van der Waals surface area contributed by atoms with Gasteiger partial charge in [0.2, 0.25) is 0 Å². The van der Waals surface area contributed by atoms with Gasteiger partial charge in [0.25, 0.3) is 5.91 Å². The predicted molar refractivity (Wildman–Crippen MR) is 113 cm³/mol. The molecule has 0 bridgehead atoms. The molecule has 2 aromatic carbocycles. The molecule has 0 unspecified atom stereocenters. The first kappa shape index (κ1) is 18.9. The van der Waals surface area contributed by atoms with Crippen LogP contribution in [0.3, 0.4) is 0 Å². The standard InChI is InChI=1S/C21H19N5O2S/c1-14(19-11-17-5-3-4-6-18(17)28-19)23-24-20(27)16-9-7-15(8-10-16)12-29-21-25-22-13-26(21)2/h3-11,13H,12H2,1-2H3,(H,24,27)/b23-14-. The Kier molecular flexibility index (Phi) is 5.44. The van der Waals surface area contributed by atoms with Crippen molar-refractivity contribution in [2.24, 2.45) is 12.1 Å². The number of rotatable bonds is 6. The second kappa shape index (κ2) is 8.32. The van der Waals surface area contributed by atoms with Gasteiger partial charge in [-0.15, -0.1) is 10.2 Å². The molecule has 1 amide bonds. The van der Waals surface area contributed by atoms with Gasteiger partial charge in [-0.25, -0.2) is 5.43 Å². The Morgan fingerprint density at radius 1 is 1.21 bits per heavy atom. The molecule has 0 atom stereocenters. The van der Waals surface area contributed by atoms with Crippen LogP contribution in [-0.4, -0.2) is 26.4 Å². The van der Waals surface area contributed by atoms with E-state index >= 15 is 0 Å². The molecule has 0 radical (unpaired) electrons. The summed E-state index contributed by atoms with van der Waals surface area (Å²) < 4.78 is 7.62. The van der Waals surface area contributed by atoms with E-state index in [-0.39, 0.29) is 5.91 Å². The number of aromatic nitrogens is 3. The van der Waals surface area contributed by atoms with E-state index in [1.54, 1.807) is 37.1 Å². The third kappa shape index (κ3) is 4.38. The van der Waals surface area contributed by atoms with Crippen molar-refractivity contribution in [3.8, 4) is 0 Å². The highest BCUT2D eigenvalue weighted by molar-refractivity contribution is 7.98. The van der Waals surface area contributed by atoms with Crippen LogP contribution < -0.4 is 5.43 Å². The largest absolute Gasteiger partial charge is 0.455 e. The molecular formula is C21H19N5O2S. The fourth-order valence-electron chi connectivity index (χ4n) is 2.72. The van der Waals surface area contributed by atoms with Gasteiger partial charge in [0.05, 0.1) is 0 Å². The predicted octanol–water partition coefficient (Wildman–Crippen LogP) is 4.01. The van der Waals surface area contributed by atoms with Gasteiger partial charge in [-0.3, -0.25) is 4.79 Å². The molecule has 2 aromatic heterocycles. The van der Waals surface area contributed by atoms with Gasteiger partial charge in [-0.2, -0.15) is 5.10 Å². The van der Waals surface area contributed by atoms with Crippen LogP contribution in [-0.2, 0) is 12.8 Å². The Morgan fingerprint density at radius 3 is 2.72 bits per heavy atom. The number of amides is 1. The fraction of sp³-hybridized carbons (Fsp3) is 0.143. The van der Waals surface area contributed by atoms with E-state index in [4.69, 9.17) is 4.42 Å². The number of nitrogens with one attached hydrogen (secondary N) is 1. The lowest BCUT2D eigenvalue weighted by atomic mass is 10.1. The topological polar surface area (TPSA) is 85.3 Å². The smallest absolute Gasteiger partial charge is 0.271 e. The summed E-state index contributed by atoms with van der Waals surface area (Å²) in [5.74, 6) is 1.10. The number of aryl methyl sites for hydroxylation is 1. The van der Waals surface area contributed by atoms with Crippen molar-refractivity contribution < 1.29 is 9.21 Å². The number of carbonyl (C=O) groups excluding carboxylic acids is 1. The molecule has 29 heavy (non-hydrogen) atoms. The highest BCUT2D eigenvalue weighted by Gasteiger charge is 2.09. The average molecular weight is 405 g/mol. The first-order valence-corrected chi connectivity index (χ1v) is 9.98. The highest BCUT2D eigenvalue weighted by atomic mass is 32.2. The van der Waals surface area contributed by atoms with Crippen molar-refractivity contribution in [1.82, 2.24) is 20.2 Å². The van der Waals surface area contributed by atoms with E-state index in [1.165, 1.54) is 0 Å². The Balaban J connectivity index is 1.37. The molecule has 0 aliphatic rings. The minimum atomic E-state index is -0.270. The van der Waals surface area contributed by atoms with E-state index in [2.05, 4.69) is 20.7 Å². The van der Waals surface area contributed by atoms with E-state index < -0.39 is 0 Å². The number of nitrogens with zero attached hydrogens (tertiary/aromatic N) is 4. The molecule has 0 aliphatic carbocycles. The lowest BCUT2D eigenvalue weighted by molar-refractivity contribution is 0.0955. The van der Waals surface area contributed by atoms with Crippen LogP contribution in [0.15, 0.2) is 75.6 Å². The maximum Gasteiger partial charge on any atom is 0.271 e. The van der Waals surface area contributed by atoms with Crippen molar-refractivity contribution in [2.75, 3.05) is 0 Å². The number of hydrogen-bond acceptors (Lipinski definition) is 6. The van der Waals surface area contributed by atoms with Gasteiger partial charge in [0, 0.05) is 23.8 Å². The number of furan rings is 1. The van der Waals surface area contributed by atoms with Gasteiger partial charge in [-0.1, -0.05) is 42.1 Å².